The van der Waals surface area contributed by atoms with E-state index in [4.69, 9.17) is 51.6 Å². The Bertz CT molecular complexity index is 912. The van der Waals surface area contributed by atoms with Gasteiger partial charge in [0.2, 0.25) is 0 Å². The van der Waals surface area contributed by atoms with Crippen molar-refractivity contribution >= 4 is 35.0 Å². The van der Waals surface area contributed by atoms with Gasteiger partial charge < -0.3 is 28.4 Å². The number of benzene rings is 1. The summed E-state index contributed by atoms with van der Waals surface area (Å²) in [7, 11) is 0. The number of carbonyl (C=O) groups is 2. The van der Waals surface area contributed by atoms with Crippen LogP contribution in [0, 0.1) is 0 Å². The Labute approximate surface area is 194 Å². The molecule has 0 bridgehead atoms. The van der Waals surface area contributed by atoms with Gasteiger partial charge in [-0.25, -0.2) is 0 Å². The number of hydrazine groups is 1. The van der Waals surface area contributed by atoms with Crippen molar-refractivity contribution in [3.63, 3.8) is 0 Å². The van der Waals surface area contributed by atoms with Crippen molar-refractivity contribution in [3.8, 4) is 5.75 Å². The Morgan fingerprint density at radius 2 is 1.62 bits per heavy atom. The molecule has 12 heteroatoms. The fourth-order valence-electron chi connectivity index (χ4n) is 3.80. The van der Waals surface area contributed by atoms with Gasteiger partial charge >= 0.3 is 0 Å². The molecule has 3 aliphatic heterocycles. The molecule has 0 aromatic heterocycles. The zero-order valence-electron chi connectivity index (χ0n) is 17.8. The summed E-state index contributed by atoms with van der Waals surface area (Å²) >= 11 is 11.8. The topological polar surface area (TPSA) is 114 Å². The Morgan fingerprint density at radius 1 is 0.969 bits per heavy atom. The molecule has 0 radical (unpaired) electrons. The number of amides is 2. The van der Waals surface area contributed by atoms with E-state index in [1.54, 1.807) is 33.8 Å². The van der Waals surface area contributed by atoms with E-state index in [1.165, 1.54) is 12.1 Å². The molecule has 4 rings (SSSR count). The lowest BCUT2D eigenvalue weighted by Gasteiger charge is -2.36. The van der Waals surface area contributed by atoms with Gasteiger partial charge in [0.25, 0.3) is 11.8 Å². The number of fused-ring (bicyclic) bond motifs is 3. The molecule has 32 heavy (non-hydrogen) atoms. The second kappa shape index (κ2) is 8.60. The molecule has 5 atom stereocenters. The fourth-order valence-corrected chi connectivity index (χ4v) is 4.26. The summed E-state index contributed by atoms with van der Waals surface area (Å²) in [6.07, 6.45) is -3.84. The monoisotopic (exact) mass is 490 g/mol. The van der Waals surface area contributed by atoms with Gasteiger partial charge in [-0.3, -0.25) is 20.4 Å². The van der Waals surface area contributed by atoms with E-state index in [-0.39, 0.29) is 17.4 Å². The van der Waals surface area contributed by atoms with E-state index < -0.39 is 54.1 Å². The largest absolute Gasteiger partial charge is 0.482 e. The maximum absolute atomic E-state index is 12.8. The highest BCUT2D eigenvalue weighted by molar-refractivity contribution is 6.35. The third kappa shape index (κ3) is 4.96. The first-order valence-electron chi connectivity index (χ1n) is 9.97. The molecule has 176 valence electrons. The number of ether oxygens (including phenoxy) is 6. The van der Waals surface area contributed by atoms with Gasteiger partial charge in [-0.1, -0.05) is 23.2 Å². The Hall–Kier alpha value is -1.66. The van der Waals surface area contributed by atoms with E-state index in [1.807, 2.05) is 0 Å². The molecule has 0 spiro atoms. The second-order valence-corrected chi connectivity index (χ2v) is 9.33. The highest BCUT2D eigenvalue weighted by atomic mass is 35.5. The molecule has 3 fully saturated rings. The zero-order valence-corrected chi connectivity index (χ0v) is 19.4. The standard InChI is InChI=1S/C20H24Cl2N2O8/c1-19(2)29-13-14(30-19)16-18(32-20(3,4)31-16)28-15(13)17(26)24-23-12(25)8-27-11-6-5-9(21)7-10(11)22/h5-7,13-16,18H,8H2,1-4H3,(H,23,25)(H,24,26)/t13-,14-,15+,16+,18+/m1/s1. The summed E-state index contributed by atoms with van der Waals surface area (Å²) in [5, 5.41) is 0.696. The first kappa shape index (κ1) is 23.5. The Kier molecular flexibility index (Phi) is 6.32. The number of hydrogen-bond donors (Lipinski definition) is 2. The van der Waals surface area contributed by atoms with Crippen LogP contribution >= 0.6 is 23.2 Å². The van der Waals surface area contributed by atoms with Crippen LogP contribution in [0.25, 0.3) is 0 Å². The quantitative estimate of drug-likeness (QED) is 0.615. The number of rotatable bonds is 4. The average Bonchev–Trinajstić information content (AvgIpc) is 3.18. The smallest absolute Gasteiger partial charge is 0.276 e. The van der Waals surface area contributed by atoms with Crippen molar-refractivity contribution in [2.75, 3.05) is 6.61 Å². The number of nitrogens with one attached hydrogen (secondary N) is 2. The van der Waals surface area contributed by atoms with Crippen molar-refractivity contribution in [1.29, 1.82) is 0 Å². The highest BCUT2D eigenvalue weighted by Crippen LogP contribution is 2.44. The normalized spacial score (nSPS) is 32.0. The van der Waals surface area contributed by atoms with Gasteiger partial charge in [-0.2, -0.15) is 0 Å². The minimum absolute atomic E-state index is 0.258. The summed E-state index contributed by atoms with van der Waals surface area (Å²) in [6, 6.07) is 4.60. The highest BCUT2D eigenvalue weighted by Gasteiger charge is 2.62. The van der Waals surface area contributed by atoms with E-state index in [9.17, 15) is 9.59 Å². The Morgan fingerprint density at radius 3 is 2.34 bits per heavy atom. The van der Waals surface area contributed by atoms with Crippen molar-refractivity contribution < 1.29 is 38.0 Å². The molecule has 10 nitrogen and oxygen atoms in total. The lowest BCUT2D eigenvalue weighted by atomic mass is 9.98. The first-order valence-corrected chi connectivity index (χ1v) is 10.7. The average molecular weight is 491 g/mol. The molecule has 3 aliphatic rings. The molecule has 2 N–H and O–H groups in total. The van der Waals surface area contributed by atoms with E-state index in [0.29, 0.717) is 5.02 Å². The molecular formula is C20H24Cl2N2O8. The second-order valence-electron chi connectivity index (χ2n) is 8.49. The first-order chi connectivity index (χ1) is 14.9. The fraction of sp³-hybridized carbons (Fsp3) is 0.600. The van der Waals surface area contributed by atoms with Crippen LogP contribution in [0.15, 0.2) is 18.2 Å². The SMILES string of the molecule is CC1(C)O[C@@H]2O[C@H](C(=O)NNC(=O)COc3ccc(Cl)cc3Cl)[C@@H]3OC(C)(C)O[C@H]3[C@@H]2O1. The molecule has 0 aliphatic carbocycles. The van der Waals surface area contributed by atoms with Gasteiger partial charge in [0.1, 0.15) is 24.1 Å². The molecule has 1 aromatic carbocycles. The van der Waals surface area contributed by atoms with Crippen LogP contribution in [0.5, 0.6) is 5.75 Å². The molecule has 1 aromatic rings. The maximum Gasteiger partial charge on any atom is 0.276 e. The molecule has 0 saturated carbocycles. The molecule has 3 heterocycles. The molecule has 3 saturated heterocycles. The van der Waals surface area contributed by atoms with Crippen LogP contribution in [0.2, 0.25) is 10.0 Å². The third-order valence-electron chi connectivity index (χ3n) is 4.99. The summed E-state index contributed by atoms with van der Waals surface area (Å²) < 4.78 is 34.7. The van der Waals surface area contributed by atoms with Gasteiger partial charge in [0, 0.05) is 5.02 Å². The third-order valence-corrected chi connectivity index (χ3v) is 5.52. The zero-order chi connectivity index (χ0) is 23.3. The van der Waals surface area contributed by atoms with E-state index in [0.717, 1.165) is 0 Å². The molecule has 0 unspecified atom stereocenters. The van der Waals surface area contributed by atoms with Crippen molar-refractivity contribution in [1.82, 2.24) is 10.9 Å². The van der Waals surface area contributed by atoms with Crippen LogP contribution in [0.4, 0.5) is 0 Å². The predicted molar refractivity (Wildman–Crippen MR) is 111 cm³/mol. The van der Waals surface area contributed by atoms with Crippen LogP contribution in [-0.4, -0.2) is 60.7 Å². The number of hydrogen-bond acceptors (Lipinski definition) is 8. The Balaban J connectivity index is 1.35. The number of carbonyl (C=O) groups excluding carboxylic acids is 2. The van der Waals surface area contributed by atoms with Gasteiger partial charge in [0.05, 0.1) is 5.02 Å². The van der Waals surface area contributed by atoms with Gasteiger partial charge in [0.15, 0.2) is 30.6 Å². The van der Waals surface area contributed by atoms with Gasteiger partial charge in [-0.15, -0.1) is 0 Å². The van der Waals surface area contributed by atoms with Crippen LogP contribution in [0.3, 0.4) is 0 Å². The summed E-state index contributed by atoms with van der Waals surface area (Å²) in [4.78, 5) is 24.9. The van der Waals surface area contributed by atoms with Crippen molar-refractivity contribution in [3.05, 3.63) is 28.2 Å². The summed E-state index contributed by atoms with van der Waals surface area (Å²) in [5.74, 6) is -2.82. The lowest BCUT2D eigenvalue weighted by Crippen LogP contribution is -2.61. The number of halogens is 2. The van der Waals surface area contributed by atoms with Crippen LogP contribution in [0.1, 0.15) is 27.7 Å². The van der Waals surface area contributed by atoms with E-state index >= 15 is 0 Å². The van der Waals surface area contributed by atoms with Gasteiger partial charge in [-0.05, 0) is 45.9 Å². The minimum atomic E-state index is -1.10. The lowest BCUT2D eigenvalue weighted by molar-refractivity contribution is -0.231. The predicted octanol–water partition coefficient (Wildman–Crippen LogP) is 1.92. The molecular weight excluding hydrogens is 467 g/mol. The molecule has 2 amide bonds. The van der Waals surface area contributed by atoms with Crippen LogP contribution in [-0.2, 0) is 33.3 Å². The van der Waals surface area contributed by atoms with Crippen molar-refractivity contribution in [2.45, 2.75) is 70.0 Å². The summed E-state index contributed by atoms with van der Waals surface area (Å²) in [6.45, 7) is 6.57. The minimum Gasteiger partial charge on any atom is -0.482 e. The van der Waals surface area contributed by atoms with E-state index in [2.05, 4.69) is 10.9 Å². The maximum atomic E-state index is 12.8. The summed E-state index contributed by atoms with van der Waals surface area (Å²) in [5.41, 5.74) is 4.60. The van der Waals surface area contributed by atoms with Crippen molar-refractivity contribution in [2.24, 2.45) is 0 Å². The van der Waals surface area contributed by atoms with Crippen LogP contribution < -0.4 is 15.6 Å².